The van der Waals surface area contributed by atoms with E-state index in [1.165, 1.54) is 4.90 Å². The summed E-state index contributed by atoms with van der Waals surface area (Å²) in [7, 11) is 0. The number of thiocarbonyl (C=S) groups is 1. The molecule has 126 valence electrons. The molecule has 0 radical (unpaired) electrons. The maximum Gasteiger partial charge on any atom is 0.276 e. The number of hydrogen-bond acceptors (Lipinski definition) is 4. The summed E-state index contributed by atoms with van der Waals surface area (Å²) in [5.41, 5.74) is 2.05. The first kappa shape index (κ1) is 16.8. The van der Waals surface area contributed by atoms with E-state index in [2.05, 4.69) is 31.4 Å². The van der Waals surface area contributed by atoms with Crippen molar-refractivity contribution < 1.29 is 4.79 Å². The van der Waals surface area contributed by atoms with Gasteiger partial charge in [0.05, 0.1) is 17.2 Å². The molecule has 1 aliphatic heterocycles. The van der Waals surface area contributed by atoms with Gasteiger partial charge in [-0.15, -0.1) is 0 Å². The molecular formula is C15H17BrN6OS. The molecule has 0 bridgehead atoms. The average Bonchev–Trinajstić information content (AvgIpc) is 3.23. The lowest BCUT2D eigenvalue weighted by Crippen LogP contribution is -2.29. The standard InChI is InChI=1S/C15H17BrN6OS/c1-3-20-7-10(6-17-20)8-22-14(23)13(18-15(22)24)5-12-11(16)9-21(4-2)19-12/h5-7,9H,3-4,8H2,1-2H3,(H,18,24)/b13-5+. The third kappa shape index (κ3) is 3.27. The first-order chi connectivity index (χ1) is 11.5. The Balaban J connectivity index is 1.80. The predicted molar refractivity (Wildman–Crippen MR) is 97.8 cm³/mol. The number of aryl methyl sites for hydroxylation is 2. The zero-order valence-corrected chi connectivity index (χ0v) is 15.8. The van der Waals surface area contributed by atoms with E-state index in [9.17, 15) is 4.79 Å². The molecule has 0 saturated carbocycles. The smallest absolute Gasteiger partial charge is 0.276 e. The van der Waals surface area contributed by atoms with Crippen molar-refractivity contribution in [2.24, 2.45) is 0 Å². The average molecular weight is 409 g/mol. The van der Waals surface area contributed by atoms with Crippen molar-refractivity contribution in [1.82, 2.24) is 29.8 Å². The van der Waals surface area contributed by atoms with Crippen LogP contribution in [0.2, 0.25) is 0 Å². The molecule has 9 heteroatoms. The van der Waals surface area contributed by atoms with Gasteiger partial charge in [0.1, 0.15) is 11.4 Å². The first-order valence-corrected chi connectivity index (χ1v) is 8.80. The number of aromatic nitrogens is 4. The number of carbonyl (C=O) groups excluding carboxylic acids is 1. The Morgan fingerprint density at radius 1 is 1.29 bits per heavy atom. The van der Waals surface area contributed by atoms with Crippen LogP contribution >= 0.6 is 28.1 Å². The third-order valence-corrected chi connectivity index (χ3v) is 4.60. The molecule has 0 aliphatic carbocycles. The summed E-state index contributed by atoms with van der Waals surface area (Å²) in [6.07, 6.45) is 7.25. The second-order valence-electron chi connectivity index (χ2n) is 5.30. The van der Waals surface area contributed by atoms with Gasteiger partial charge in [-0.2, -0.15) is 10.2 Å². The van der Waals surface area contributed by atoms with Crippen LogP contribution < -0.4 is 5.32 Å². The lowest BCUT2D eigenvalue weighted by molar-refractivity contribution is -0.122. The Kier molecular flexibility index (Phi) is 4.81. The van der Waals surface area contributed by atoms with Gasteiger partial charge >= 0.3 is 0 Å². The van der Waals surface area contributed by atoms with E-state index in [0.29, 0.717) is 23.0 Å². The number of halogens is 1. The highest BCUT2D eigenvalue weighted by molar-refractivity contribution is 9.10. The summed E-state index contributed by atoms with van der Waals surface area (Å²) >= 11 is 8.75. The van der Waals surface area contributed by atoms with Gasteiger partial charge in [0.25, 0.3) is 5.91 Å². The summed E-state index contributed by atoms with van der Waals surface area (Å²) in [5, 5.41) is 12.0. The van der Waals surface area contributed by atoms with Crippen molar-refractivity contribution in [2.45, 2.75) is 33.5 Å². The molecule has 0 atom stereocenters. The van der Waals surface area contributed by atoms with Gasteiger partial charge in [-0.05, 0) is 48.1 Å². The minimum Gasteiger partial charge on any atom is -0.328 e. The van der Waals surface area contributed by atoms with Crippen molar-refractivity contribution in [3.8, 4) is 0 Å². The highest BCUT2D eigenvalue weighted by Gasteiger charge is 2.31. The molecule has 0 unspecified atom stereocenters. The second kappa shape index (κ2) is 6.86. The summed E-state index contributed by atoms with van der Waals surface area (Å²) in [6, 6.07) is 0. The first-order valence-electron chi connectivity index (χ1n) is 7.60. The van der Waals surface area contributed by atoms with Crippen molar-refractivity contribution in [3.63, 3.8) is 0 Å². The summed E-state index contributed by atoms with van der Waals surface area (Å²) in [5.74, 6) is -0.165. The maximum atomic E-state index is 12.6. The molecule has 0 aromatic carbocycles. The van der Waals surface area contributed by atoms with Gasteiger partial charge in [0, 0.05) is 31.0 Å². The molecule has 1 aliphatic rings. The largest absolute Gasteiger partial charge is 0.328 e. The fourth-order valence-electron chi connectivity index (χ4n) is 2.37. The van der Waals surface area contributed by atoms with Crippen LogP contribution in [0.4, 0.5) is 0 Å². The van der Waals surface area contributed by atoms with Gasteiger partial charge < -0.3 is 5.32 Å². The van der Waals surface area contributed by atoms with E-state index in [-0.39, 0.29) is 5.91 Å². The molecule has 2 aromatic heterocycles. The van der Waals surface area contributed by atoms with Crippen LogP contribution in [0.25, 0.3) is 6.08 Å². The Bertz CT molecular complexity index is 824. The summed E-state index contributed by atoms with van der Waals surface area (Å²) in [6.45, 7) is 5.96. The zero-order chi connectivity index (χ0) is 17.3. The second-order valence-corrected chi connectivity index (χ2v) is 6.54. The highest BCUT2D eigenvalue weighted by atomic mass is 79.9. The molecule has 2 aromatic rings. The van der Waals surface area contributed by atoms with Gasteiger partial charge in [0.2, 0.25) is 0 Å². The SMILES string of the molecule is CCn1cc(CN2C(=O)/C(=C\c3nn(CC)cc3Br)NC2=S)cn1. The Morgan fingerprint density at radius 2 is 2.04 bits per heavy atom. The lowest BCUT2D eigenvalue weighted by atomic mass is 10.3. The van der Waals surface area contributed by atoms with E-state index >= 15 is 0 Å². The Hall–Kier alpha value is -2.00. The van der Waals surface area contributed by atoms with Crippen molar-refractivity contribution in [3.05, 3.63) is 40.0 Å². The van der Waals surface area contributed by atoms with Crippen LogP contribution in [0.5, 0.6) is 0 Å². The fourth-order valence-corrected chi connectivity index (χ4v) is 3.05. The number of hydrogen-bond donors (Lipinski definition) is 1. The van der Waals surface area contributed by atoms with Crippen LogP contribution in [0, 0.1) is 0 Å². The Morgan fingerprint density at radius 3 is 2.67 bits per heavy atom. The summed E-state index contributed by atoms with van der Waals surface area (Å²) < 4.78 is 4.45. The van der Waals surface area contributed by atoms with Crippen molar-refractivity contribution in [1.29, 1.82) is 0 Å². The molecule has 1 amide bonds. The van der Waals surface area contributed by atoms with Crippen molar-refractivity contribution in [2.75, 3.05) is 0 Å². The van der Waals surface area contributed by atoms with Crippen LogP contribution in [0.15, 0.2) is 28.8 Å². The minimum atomic E-state index is -0.165. The molecular weight excluding hydrogens is 392 g/mol. The van der Waals surface area contributed by atoms with Gasteiger partial charge in [0.15, 0.2) is 5.11 Å². The van der Waals surface area contributed by atoms with E-state index < -0.39 is 0 Å². The molecule has 1 N–H and O–H groups in total. The molecule has 3 heterocycles. The number of rotatable bonds is 5. The summed E-state index contributed by atoms with van der Waals surface area (Å²) in [4.78, 5) is 14.1. The Labute approximate surface area is 153 Å². The van der Waals surface area contributed by atoms with Crippen LogP contribution in [0.1, 0.15) is 25.1 Å². The molecule has 7 nitrogen and oxygen atoms in total. The predicted octanol–water partition coefficient (Wildman–Crippen LogP) is 2.14. The maximum absolute atomic E-state index is 12.6. The van der Waals surface area contributed by atoms with E-state index in [1.807, 2.05) is 30.9 Å². The van der Waals surface area contributed by atoms with Gasteiger partial charge in [-0.3, -0.25) is 19.1 Å². The number of amides is 1. The lowest BCUT2D eigenvalue weighted by Gasteiger charge is -2.12. The van der Waals surface area contributed by atoms with Crippen molar-refractivity contribution >= 4 is 45.2 Å². The van der Waals surface area contributed by atoms with E-state index in [1.54, 1.807) is 17.0 Å². The highest BCUT2D eigenvalue weighted by Crippen LogP contribution is 2.21. The van der Waals surface area contributed by atoms with Crippen LogP contribution in [-0.4, -0.2) is 35.5 Å². The molecule has 1 fully saturated rings. The monoisotopic (exact) mass is 408 g/mol. The quantitative estimate of drug-likeness (QED) is 0.606. The molecule has 3 rings (SSSR count). The number of carbonyl (C=O) groups is 1. The molecule has 0 spiro atoms. The number of nitrogens with one attached hydrogen (secondary N) is 1. The molecule has 1 saturated heterocycles. The zero-order valence-electron chi connectivity index (χ0n) is 13.4. The number of nitrogens with zero attached hydrogens (tertiary/aromatic N) is 5. The van der Waals surface area contributed by atoms with E-state index in [0.717, 1.165) is 23.1 Å². The van der Waals surface area contributed by atoms with Crippen LogP contribution in [-0.2, 0) is 24.4 Å². The minimum absolute atomic E-state index is 0.165. The van der Waals surface area contributed by atoms with Gasteiger partial charge in [-0.1, -0.05) is 0 Å². The fraction of sp³-hybridized carbons (Fsp3) is 0.333. The normalized spacial score (nSPS) is 16.3. The van der Waals surface area contributed by atoms with Gasteiger partial charge in [-0.25, -0.2) is 0 Å². The topological polar surface area (TPSA) is 68.0 Å². The third-order valence-electron chi connectivity index (χ3n) is 3.66. The molecule has 24 heavy (non-hydrogen) atoms. The van der Waals surface area contributed by atoms with E-state index in [4.69, 9.17) is 12.2 Å². The van der Waals surface area contributed by atoms with Crippen LogP contribution in [0.3, 0.4) is 0 Å².